The van der Waals surface area contributed by atoms with Crippen LogP contribution in [0.4, 0.5) is 0 Å². The molecule has 1 saturated heterocycles. The van der Waals surface area contributed by atoms with E-state index in [-0.39, 0.29) is 29.1 Å². The van der Waals surface area contributed by atoms with Crippen LogP contribution in [0.2, 0.25) is 0 Å². The van der Waals surface area contributed by atoms with Gasteiger partial charge in [-0.2, -0.15) is 4.31 Å². The van der Waals surface area contributed by atoms with Crippen molar-refractivity contribution in [3.05, 3.63) is 53.3 Å². The number of ether oxygens (including phenoxy) is 1. The smallest absolute Gasteiger partial charge is 0.311 e. The molecule has 36 heavy (non-hydrogen) atoms. The lowest BCUT2D eigenvalue weighted by Crippen LogP contribution is -2.48. The Morgan fingerprint density at radius 2 is 1.81 bits per heavy atom. The van der Waals surface area contributed by atoms with Crippen molar-refractivity contribution in [2.75, 3.05) is 40.3 Å². The van der Waals surface area contributed by atoms with Crippen LogP contribution in [0.5, 0.6) is 5.75 Å². The third kappa shape index (κ3) is 5.27. The van der Waals surface area contributed by atoms with E-state index in [1.54, 1.807) is 37.2 Å². The maximum Gasteiger partial charge on any atom is 0.311 e. The first-order valence-corrected chi connectivity index (χ1v) is 12.9. The fraction of sp³-hybridized carbons (Fsp3) is 0.478. The van der Waals surface area contributed by atoms with Crippen LogP contribution in [0.3, 0.4) is 0 Å². The van der Waals surface area contributed by atoms with Crippen molar-refractivity contribution in [2.45, 2.75) is 31.8 Å². The number of nitrogens with zero attached hydrogens (tertiary/aromatic N) is 7. The van der Waals surface area contributed by atoms with E-state index < -0.39 is 10.0 Å². The molecule has 0 N–H and O–H groups in total. The lowest BCUT2D eigenvalue weighted by atomic mass is 10.1. The Balaban J connectivity index is 1.38. The summed E-state index contributed by atoms with van der Waals surface area (Å²) in [6.45, 7) is 6.51. The summed E-state index contributed by atoms with van der Waals surface area (Å²) in [6, 6.07) is 3.35. The zero-order valence-corrected chi connectivity index (χ0v) is 21.9. The second-order valence-corrected chi connectivity index (χ2v) is 10.9. The van der Waals surface area contributed by atoms with Crippen molar-refractivity contribution in [3.63, 3.8) is 0 Å². The van der Waals surface area contributed by atoms with Gasteiger partial charge in [0.05, 0.1) is 30.6 Å². The largest absolute Gasteiger partial charge is 0.497 e. The second kappa shape index (κ2) is 10.4. The van der Waals surface area contributed by atoms with E-state index in [1.165, 1.54) is 14.2 Å². The van der Waals surface area contributed by atoms with Crippen molar-refractivity contribution >= 4 is 15.9 Å². The first-order chi connectivity index (χ1) is 17.1. The van der Waals surface area contributed by atoms with Crippen LogP contribution < -0.4 is 4.74 Å². The summed E-state index contributed by atoms with van der Waals surface area (Å²) in [4.78, 5) is 21.2. The minimum absolute atomic E-state index is 0.0445. The number of hydrogen-bond acceptors (Lipinski definition) is 9. The maximum atomic E-state index is 13.2. The molecule has 0 aliphatic carbocycles. The van der Waals surface area contributed by atoms with Gasteiger partial charge < -0.3 is 18.6 Å². The number of carbonyl (C=O) groups is 1. The molecule has 3 heterocycles. The lowest BCUT2D eigenvalue weighted by Gasteiger charge is -2.33. The number of aryl methyl sites for hydroxylation is 3. The van der Waals surface area contributed by atoms with Gasteiger partial charge in [-0.15, -0.1) is 10.2 Å². The predicted octanol–water partition coefficient (Wildman–Crippen LogP) is 1.21. The molecule has 1 fully saturated rings. The standard InChI is InChI=1S/C23H31N7O5S/c1-16-10-19(34-5)11-17(2)21(16)36(32,33)28(4)14-20-25-26-22(35-20)23(31)30-8-6-29(7-9-30)13-18-12-24-15-27(18)3/h10-12,15H,6-9,13-14H2,1-5H3. The zero-order valence-electron chi connectivity index (χ0n) is 21.1. The van der Waals surface area contributed by atoms with E-state index in [0.29, 0.717) is 43.1 Å². The van der Waals surface area contributed by atoms with Crippen molar-refractivity contribution in [1.29, 1.82) is 0 Å². The van der Waals surface area contributed by atoms with Gasteiger partial charge in [0, 0.05) is 53.0 Å². The molecule has 0 saturated carbocycles. The molecular formula is C23H31N7O5S. The van der Waals surface area contributed by atoms with Crippen LogP contribution in [0.15, 0.2) is 34.0 Å². The summed E-state index contributed by atoms with van der Waals surface area (Å²) in [5.74, 6) is 0.126. The average Bonchev–Trinajstić information content (AvgIpc) is 3.47. The summed E-state index contributed by atoms with van der Waals surface area (Å²) in [7, 11) is 1.08. The normalized spacial score (nSPS) is 15.0. The second-order valence-electron chi connectivity index (χ2n) is 8.92. The van der Waals surface area contributed by atoms with Crippen molar-refractivity contribution in [3.8, 4) is 5.75 Å². The molecule has 0 atom stereocenters. The number of piperazine rings is 1. The molecular weight excluding hydrogens is 486 g/mol. The number of hydrogen-bond donors (Lipinski definition) is 0. The molecule has 12 nitrogen and oxygen atoms in total. The SMILES string of the molecule is COc1cc(C)c(S(=O)(=O)N(C)Cc2nnc(C(=O)N3CCN(Cc4cncn4C)CC3)o2)c(C)c1. The molecule has 1 aromatic carbocycles. The van der Waals surface area contributed by atoms with Crippen molar-refractivity contribution in [1.82, 2.24) is 33.9 Å². The number of amides is 1. The summed E-state index contributed by atoms with van der Waals surface area (Å²) < 4.78 is 40.4. The molecule has 0 unspecified atom stereocenters. The number of sulfonamides is 1. The van der Waals surface area contributed by atoms with Crippen LogP contribution in [0.1, 0.15) is 33.4 Å². The van der Waals surface area contributed by atoms with Crippen LogP contribution in [-0.2, 0) is 30.2 Å². The van der Waals surface area contributed by atoms with Crippen LogP contribution >= 0.6 is 0 Å². The lowest BCUT2D eigenvalue weighted by molar-refractivity contribution is 0.0585. The van der Waals surface area contributed by atoms with Gasteiger partial charge in [-0.05, 0) is 37.1 Å². The van der Waals surface area contributed by atoms with Gasteiger partial charge in [-0.3, -0.25) is 9.69 Å². The van der Waals surface area contributed by atoms with E-state index in [4.69, 9.17) is 9.15 Å². The fourth-order valence-electron chi connectivity index (χ4n) is 4.28. The van der Waals surface area contributed by atoms with E-state index >= 15 is 0 Å². The summed E-state index contributed by atoms with van der Waals surface area (Å²) >= 11 is 0. The molecule has 1 aliphatic heterocycles. The molecule has 1 amide bonds. The molecule has 2 aromatic heterocycles. The minimum atomic E-state index is -3.84. The maximum absolute atomic E-state index is 13.2. The Labute approximate surface area is 210 Å². The molecule has 1 aliphatic rings. The van der Waals surface area contributed by atoms with Gasteiger partial charge in [0.15, 0.2) is 0 Å². The Hall–Kier alpha value is -3.29. The first kappa shape index (κ1) is 25.8. The van der Waals surface area contributed by atoms with Crippen molar-refractivity contribution in [2.24, 2.45) is 7.05 Å². The summed E-state index contributed by atoms with van der Waals surface area (Å²) in [6.07, 6.45) is 3.61. The van der Waals surface area contributed by atoms with E-state index in [2.05, 4.69) is 20.1 Å². The molecule has 0 radical (unpaired) electrons. The summed E-state index contributed by atoms with van der Waals surface area (Å²) in [5, 5.41) is 7.79. The highest BCUT2D eigenvalue weighted by molar-refractivity contribution is 7.89. The van der Waals surface area contributed by atoms with E-state index in [1.807, 2.05) is 17.8 Å². The Kier molecular flexibility index (Phi) is 7.43. The Bertz CT molecular complexity index is 1320. The molecule has 0 bridgehead atoms. The number of benzene rings is 1. The van der Waals surface area contributed by atoms with Gasteiger partial charge in [-0.25, -0.2) is 13.4 Å². The van der Waals surface area contributed by atoms with Crippen LogP contribution in [0.25, 0.3) is 0 Å². The zero-order chi connectivity index (χ0) is 26.0. The van der Waals surface area contributed by atoms with Gasteiger partial charge >= 0.3 is 11.8 Å². The summed E-state index contributed by atoms with van der Waals surface area (Å²) in [5.41, 5.74) is 2.25. The topological polar surface area (TPSA) is 127 Å². The van der Waals surface area contributed by atoms with Crippen molar-refractivity contribution < 1.29 is 22.4 Å². The number of aromatic nitrogens is 4. The van der Waals surface area contributed by atoms with Gasteiger partial charge in [0.1, 0.15) is 5.75 Å². The van der Waals surface area contributed by atoms with Gasteiger partial charge in [0.25, 0.3) is 0 Å². The minimum Gasteiger partial charge on any atom is -0.497 e. The number of imidazole rings is 1. The molecule has 194 valence electrons. The highest BCUT2D eigenvalue weighted by atomic mass is 32.2. The fourth-order valence-corrected chi connectivity index (χ4v) is 5.80. The third-order valence-electron chi connectivity index (χ3n) is 6.31. The highest BCUT2D eigenvalue weighted by Gasteiger charge is 2.29. The Morgan fingerprint density at radius 1 is 1.14 bits per heavy atom. The quantitative estimate of drug-likeness (QED) is 0.433. The predicted molar refractivity (Wildman–Crippen MR) is 130 cm³/mol. The van der Waals surface area contributed by atoms with Gasteiger partial charge in [-0.1, -0.05) is 0 Å². The molecule has 3 aromatic rings. The molecule has 13 heteroatoms. The van der Waals surface area contributed by atoms with E-state index in [9.17, 15) is 13.2 Å². The number of methoxy groups -OCH3 is 1. The first-order valence-electron chi connectivity index (χ1n) is 11.5. The average molecular weight is 518 g/mol. The molecule has 4 rings (SSSR count). The molecule has 0 spiro atoms. The monoisotopic (exact) mass is 517 g/mol. The van der Waals surface area contributed by atoms with Crippen LogP contribution in [-0.4, -0.2) is 88.5 Å². The number of rotatable bonds is 8. The highest BCUT2D eigenvalue weighted by Crippen LogP contribution is 2.28. The Morgan fingerprint density at radius 3 is 2.39 bits per heavy atom. The van der Waals surface area contributed by atoms with E-state index in [0.717, 1.165) is 16.5 Å². The third-order valence-corrected chi connectivity index (χ3v) is 8.42. The van der Waals surface area contributed by atoms with Crippen LogP contribution in [0, 0.1) is 13.8 Å². The van der Waals surface area contributed by atoms with Gasteiger partial charge in [0.2, 0.25) is 15.9 Å². The number of carbonyl (C=O) groups excluding carboxylic acids is 1.